The monoisotopic (exact) mass is 297 g/mol. The Morgan fingerprint density at radius 3 is 2.70 bits per heavy atom. The molecule has 0 spiro atoms. The van der Waals surface area contributed by atoms with Crippen molar-refractivity contribution in [3.63, 3.8) is 0 Å². The van der Waals surface area contributed by atoms with Gasteiger partial charge in [0, 0.05) is 19.2 Å². The molecular formula is C12H15N3O4S. The highest BCUT2D eigenvalue weighted by atomic mass is 32.1. The number of hydrogen-bond donors (Lipinski definition) is 1. The van der Waals surface area contributed by atoms with Crippen molar-refractivity contribution in [2.45, 2.75) is 6.42 Å². The Morgan fingerprint density at radius 2 is 2.10 bits per heavy atom. The highest BCUT2D eigenvalue weighted by Crippen LogP contribution is 2.16. The number of carbonyl (C=O) groups excluding carboxylic acids is 2. The van der Waals surface area contributed by atoms with Crippen molar-refractivity contribution >= 4 is 29.5 Å². The number of morpholine rings is 1. The summed E-state index contributed by atoms with van der Waals surface area (Å²) in [7, 11) is 1.29. The smallest absolute Gasteiger partial charge is 0.313 e. The molecule has 8 heteroatoms. The van der Waals surface area contributed by atoms with Crippen molar-refractivity contribution in [1.29, 1.82) is 0 Å². The topological polar surface area (TPSA) is 81.6 Å². The molecule has 0 radical (unpaired) electrons. The number of aromatic nitrogens is 2. The molecule has 1 saturated heterocycles. The highest BCUT2D eigenvalue weighted by molar-refractivity contribution is 7.97. The summed E-state index contributed by atoms with van der Waals surface area (Å²) in [5.41, 5.74) is 0.170. The molecule has 1 aliphatic heterocycles. The van der Waals surface area contributed by atoms with Crippen molar-refractivity contribution in [3.8, 4) is 0 Å². The number of nitrogens with zero attached hydrogens (tertiary/aromatic N) is 3. The van der Waals surface area contributed by atoms with Crippen LogP contribution in [0.25, 0.3) is 0 Å². The Morgan fingerprint density at radius 1 is 1.40 bits per heavy atom. The highest BCUT2D eigenvalue weighted by Gasteiger charge is 2.17. The minimum atomic E-state index is -0.465. The largest absolute Gasteiger partial charge is 0.469 e. The minimum absolute atomic E-state index is 0.0806. The molecule has 20 heavy (non-hydrogen) atoms. The summed E-state index contributed by atoms with van der Waals surface area (Å²) in [6.07, 6.45) is -0.0806. The molecule has 1 aromatic heterocycles. The molecule has 108 valence electrons. The number of carbonyl (C=O) groups is 2. The Bertz CT molecular complexity index is 517. The Kier molecular flexibility index (Phi) is 4.91. The second-order valence-corrected chi connectivity index (χ2v) is 4.59. The lowest BCUT2D eigenvalue weighted by atomic mass is 10.3. The summed E-state index contributed by atoms with van der Waals surface area (Å²) in [5.74, 6) is 0.388. The maximum Gasteiger partial charge on any atom is 0.313 e. The van der Waals surface area contributed by atoms with Gasteiger partial charge in [-0.15, -0.1) is 0 Å². The molecule has 1 aliphatic rings. The molecule has 0 aliphatic carbocycles. The van der Waals surface area contributed by atoms with Crippen LogP contribution in [0.2, 0.25) is 0 Å². The van der Waals surface area contributed by atoms with Crippen LogP contribution in [-0.4, -0.2) is 54.5 Å². The van der Waals surface area contributed by atoms with Crippen LogP contribution in [0.1, 0.15) is 16.3 Å². The van der Waals surface area contributed by atoms with E-state index in [1.807, 2.05) is 4.90 Å². The van der Waals surface area contributed by atoms with Crippen LogP contribution in [0.15, 0.2) is 6.07 Å². The van der Waals surface area contributed by atoms with E-state index < -0.39 is 11.1 Å². The van der Waals surface area contributed by atoms with Gasteiger partial charge in [0.25, 0.3) is 0 Å². The van der Waals surface area contributed by atoms with Gasteiger partial charge in [0.05, 0.1) is 20.3 Å². The van der Waals surface area contributed by atoms with E-state index in [0.717, 1.165) is 0 Å². The fourth-order valence-corrected chi connectivity index (χ4v) is 1.94. The van der Waals surface area contributed by atoms with Gasteiger partial charge in [-0.05, 0) is 0 Å². The lowest BCUT2D eigenvalue weighted by molar-refractivity contribution is -0.139. The Labute approximate surface area is 121 Å². The van der Waals surface area contributed by atoms with Crippen LogP contribution in [0, 0.1) is 0 Å². The molecule has 0 saturated carbocycles. The fourth-order valence-electron chi connectivity index (χ4n) is 1.83. The van der Waals surface area contributed by atoms with E-state index in [1.165, 1.54) is 7.11 Å². The van der Waals surface area contributed by atoms with Crippen molar-refractivity contribution in [3.05, 3.63) is 17.6 Å². The third-order valence-corrected chi connectivity index (χ3v) is 3.07. The van der Waals surface area contributed by atoms with Crippen LogP contribution in [0.3, 0.4) is 0 Å². The molecule has 1 aromatic rings. The van der Waals surface area contributed by atoms with Crippen molar-refractivity contribution in [2.75, 3.05) is 38.3 Å². The maximum absolute atomic E-state index is 11.4. The molecular weight excluding hydrogens is 282 g/mol. The number of ether oxygens (including phenoxy) is 2. The fraction of sp³-hybridized carbons (Fsp3) is 0.500. The standard InChI is InChI=1S/C12H15N3O4S/c1-18-11(16)7-9-13-8(12(17)20)6-10(14-9)15-2-4-19-5-3-15/h6H,2-5,7H2,1H3,(H,17,20). The Hall–Kier alpha value is -1.67. The SMILES string of the molecule is COC(=O)Cc1nc(C(=O)S)cc(N2CCOCC2)n1. The van der Waals surface area contributed by atoms with Gasteiger partial charge in [0.1, 0.15) is 23.8 Å². The van der Waals surface area contributed by atoms with E-state index in [4.69, 9.17) is 4.74 Å². The van der Waals surface area contributed by atoms with Crippen molar-refractivity contribution in [1.82, 2.24) is 9.97 Å². The molecule has 0 atom stereocenters. The van der Waals surface area contributed by atoms with Gasteiger partial charge in [0.2, 0.25) is 5.12 Å². The summed E-state index contributed by atoms with van der Waals surface area (Å²) in [6, 6.07) is 1.57. The van der Waals surface area contributed by atoms with Crippen molar-refractivity contribution in [2.24, 2.45) is 0 Å². The molecule has 2 rings (SSSR count). The summed E-state index contributed by atoms with van der Waals surface area (Å²) in [4.78, 5) is 33.0. The van der Waals surface area contributed by atoms with Crippen LogP contribution < -0.4 is 4.90 Å². The van der Waals surface area contributed by atoms with E-state index in [0.29, 0.717) is 32.1 Å². The summed E-state index contributed by atoms with van der Waals surface area (Å²) in [5, 5.41) is -0.465. The predicted molar refractivity (Wildman–Crippen MR) is 74.1 cm³/mol. The zero-order valence-electron chi connectivity index (χ0n) is 11.0. The second-order valence-electron chi connectivity index (χ2n) is 4.19. The van der Waals surface area contributed by atoms with Gasteiger partial charge >= 0.3 is 5.97 Å². The number of hydrogen-bond acceptors (Lipinski definition) is 7. The van der Waals surface area contributed by atoms with Gasteiger partial charge < -0.3 is 14.4 Å². The minimum Gasteiger partial charge on any atom is -0.469 e. The first-order valence-corrected chi connectivity index (χ1v) is 6.55. The molecule has 7 nitrogen and oxygen atoms in total. The van der Waals surface area contributed by atoms with Crippen molar-refractivity contribution < 1.29 is 19.1 Å². The van der Waals surface area contributed by atoms with Crippen LogP contribution in [0.5, 0.6) is 0 Å². The molecule has 1 fully saturated rings. The van der Waals surface area contributed by atoms with Gasteiger partial charge in [-0.2, -0.15) is 0 Å². The molecule has 0 unspecified atom stereocenters. The average molecular weight is 297 g/mol. The van der Waals surface area contributed by atoms with Gasteiger partial charge in [0.15, 0.2) is 0 Å². The quantitative estimate of drug-likeness (QED) is 0.623. The average Bonchev–Trinajstić information content (AvgIpc) is 2.47. The van der Waals surface area contributed by atoms with Gasteiger partial charge in [-0.3, -0.25) is 9.59 Å². The maximum atomic E-state index is 11.4. The van der Waals surface area contributed by atoms with E-state index in [9.17, 15) is 9.59 Å². The van der Waals surface area contributed by atoms with E-state index in [2.05, 4.69) is 27.3 Å². The van der Waals surface area contributed by atoms with Crippen LogP contribution in [0.4, 0.5) is 5.82 Å². The number of anilines is 1. The lowest BCUT2D eigenvalue weighted by Crippen LogP contribution is -2.37. The number of thiol groups is 1. The number of methoxy groups -OCH3 is 1. The summed E-state index contributed by atoms with van der Waals surface area (Å²) in [6.45, 7) is 2.55. The predicted octanol–water partition coefficient (Wildman–Crippen LogP) is 0.0987. The summed E-state index contributed by atoms with van der Waals surface area (Å²) >= 11 is 3.77. The molecule has 0 amide bonds. The zero-order chi connectivity index (χ0) is 14.5. The summed E-state index contributed by atoms with van der Waals surface area (Å²) < 4.78 is 9.85. The molecule has 0 bridgehead atoms. The van der Waals surface area contributed by atoms with Gasteiger partial charge in [-0.1, -0.05) is 12.6 Å². The first kappa shape index (κ1) is 14.7. The third-order valence-electron chi connectivity index (χ3n) is 2.84. The lowest BCUT2D eigenvalue weighted by Gasteiger charge is -2.28. The third kappa shape index (κ3) is 3.67. The van der Waals surface area contributed by atoms with E-state index in [-0.39, 0.29) is 17.9 Å². The molecule has 0 aromatic carbocycles. The molecule has 2 heterocycles. The van der Waals surface area contributed by atoms with Gasteiger partial charge in [-0.25, -0.2) is 9.97 Å². The number of esters is 1. The van der Waals surface area contributed by atoms with E-state index >= 15 is 0 Å². The second kappa shape index (κ2) is 6.67. The van der Waals surface area contributed by atoms with E-state index in [1.54, 1.807) is 6.07 Å². The Balaban J connectivity index is 2.29. The van der Waals surface area contributed by atoms with Crippen LogP contribution in [-0.2, 0) is 20.7 Å². The first-order valence-electron chi connectivity index (χ1n) is 6.11. The molecule has 0 N–H and O–H groups in total. The normalized spacial score (nSPS) is 15.0. The first-order chi connectivity index (χ1) is 9.60. The number of rotatable bonds is 4. The zero-order valence-corrected chi connectivity index (χ0v) is 11.9. The van der Waals surface area contributed by atoms with Crippen LogP contribution >= 0.6 is 12.6 Å².